The molecule has 0 fully saturated rings. The highest BCUT2D eigenvalue weighted by atomic mass is 32.2. The Morgan fingerprint density at radius 3 is 2.74 bits per heavy atom. The van der Waals surface area contributed by atoms with Crippen molar-refractivity contribution in [1.82, 2.24) is 13.9 Å². The fraction of sp³-hybridized carbons (Fsp3) is 0.846. The van der Waals surface area contributed by atoms with Crippen LogP contribution in [0.5, 0.6) is 0 Å². The molecule has 1 aliphatic rings. The smallest absolute Gasteiger partial charge is 0.282 e. The molecule has 0 aromatic heterocycles. The predicted molar refractivity (Wildman–Crippen MR) is 79.3 cm³/mol. The van der Waals surface area contributed by atoms with Crippen molar-refractivity contribution in [2.45, 2.75) is 39.7 Å². The molecule has 1 N–H and O–H groups in total. The van der Waals surface area contributed by atoms with Gasteiger partial charge in [0.15, 0.2) is 0 Å². The molecule has 1 rings (SSSR count). The number of hydrogen-bond donors (Lipinski definition) is 1. The van der Waals surface area contributed by atoms with Gasteiger partial charge in [0.1, 0.15) is 0 Å². The Hall–Kier alpha value is -0.430. The minimum Gasteiger partial charge on any atom is -0.314 e. The van der Waals surface area contributed by atoms with Crippen LogP contribution in [0.25, 0.3) is 0 Å². The maximum atomic E-state index is 12.4. The molecule has 19 heavy (non-hydrogen) atoms. The molecular weight excluding hydrogens is 262 g/mol. The summed E-state index contributed by atoms with van der Waals surface area (Å²) in [6.45, 7) is 8.67. The van der Waals surface area contributed by atoms with E-state index in [4.69, 9.17) is 0 Å². The van der Waals surface area contributed by atoms with E-state index in [0.29, 0.717) is 25.7 Å². The van der Waals surface area contributed by atoms with Gasteiger partial charge in [-0.05, 0) is 26.3 Å². The number of rotatable bonds is 7. The molecule has 0 spiro atoms. The lowest BCUT2D eigenvalue weighted by molar-refractivity contribution is 0.363. The molecule has 0 atom stereocenters. The fourth-order valence-corrected chi connectivity index (χ4v) is 3.54. The first kappa shape index (κ1) is 16.6. The molecule has 0 bridgehead atoms. The molecular formula is C13H27N3O2S. The van der Waals surface area contributed by atoms with Crippen LogP contribution in [0, 0.1) is 0 Å². The van der Waals surface area contributed by atoms with Crippen molar-refractivity contribution in [3.05, 3.63) is 11.6 Å². The minimum absolute atomic E-state index is 0.441. The van der Waals surface area contributed by atoms with Gasteiger partial charge >= 0.3 is 0 Å². The zero-order valence-electron chi connectivity index (χ0n) is 12.5. The van der Waals surface area contributed by atoms with Gasteiger partial charge in [-0.3, -0.25) is 0 Å². The summed E-state index contributed by atoms with van der Waals surface area (Å²) >= 11 is 0. The topological polar surface area (TPSA) is 52.7 Å². The summed E-state index contributed by atoms with van der Waals surface area (Å²) in [6, 6.07) is 0.441. The van der Waals surface area contributed by atoms with Gasteiger partial charge in [0, 0.05) is 32.7 Å². The van der Waals surface area contributed by atoms with Gasteiger partial charge in [0.05, 0.1) is 0 Å². The van der Waals surface area contributed by atoms with E-state index in [1.54, 1.807) is 11.4 Å². The van der Waals surface area contributed by atoms with Crippen LogP contribution >= 0.6 is 0 Å². The minimum atomic E-state index is -3.30. The van der Waals surface area contributed by atoms with Gasteiger partial charge in [-0.2, -0.15) is 17.0 Å². The van der Waals surface area contributed by atoms with E-state index in [1.165, 1.54) is 4.31 Å². The Kier molecular flexibility index (Phi) is 6.46. The van der Waals surface area contributed by atoms with Crippen LogP contribution in [0.3, 0.4) is 0 Å². The van der Waals surface area contributed by atoms with Gasteiger partial charge in [-0.1, -0.05) is 25.5 Å². The van der Waals surface area contributed by atoms with Crippen LogP contribution in [0.15, 0.2) is 11.6 Å². The molecule has 6 heteroatoms. The summed E-state index contributed by atoms with van der Waals surface area (Å²) in [4.78, 5) is 0. The summed E-state index contributed by atoms with van der Waals surface area (Å²) < 4.78 is 27.8. The van der Waals surface area contributed by atoms with Gasteiger partial charge in [-0.25, -0.2) is 0 Å². The third kappa shape index (κ3) is 5.22. The Morgan fingerprint density at radius 2 is 2.16 bits per heavy atom. The summed E-state index contributed by atoms with van der Waals surface area (Å²) in [5, 5.41) is 3.29. The largest absolute Gasteiger partial charge is 0.314 e. The van der Waals surface area contributed by atoms with E-state index < -0.39 is 10.2 Å². The maximum Gasteiger partial charge on any atom is 0.282 e. The van der Waals surface area contributed by atoms with E-state index in [-0.39, 0.29) is 0 Å². The normalized spacial score (nSPS) is 18.1. The Bertz CT molecular complexity index is 404. The monoisotopic (exact) mass is 289 g/mol. The number of nitrogens with one attached hydrogen (secondary N) is 1. The maximum absolute atomic E-state index is 12.4. The second-order valence-corrected chi connectivity index (χ2v) is 7.50. The molecule has 1 heterocycles. The average molecular weight is 289 g/mol. The lowest BCUT2D eigenvalue weighted by atomic mass is 10.2. The van der Waals surface area contributed by atoms with Gasteiger partial charge in [-0.15, -0.1) is 0 Å². The van der Waals surface area contributed by atoms with Crippen molar-refractivity contribution in [3.63, 3.8) is 0 Å². The van der Waals surface area contributed by atoms with E-state index in [0.717, 1.165) is 25.0 Å². The van der Waals surface area contributed by atoms with E-state index in [9.17, 15) is 8.42 Å². The van der Waals surface area contributed by atoms with Crippen molar-refractivity contribution >= 4 is 10.2 Å². The van der Waals surface area contributed by atoms with Gasteiger partial charge in [0.2, 0.25) is 0 Å². The van der Waals surface area contributed by atoms with Crippen molar-refractivity contribution in [2.75, 3.05) is 33.2 Å². The van der Waals surface area contributed by atoms with Gasteiger partial charge < -0.3 is 5.32 Å². The van der Waals surface area contributed by atoms with Crippen LogP contribution in [-0.2, 0) is 10.2 Å². The molecule has 0 unspecified atom stereocenters. The Labute approximate surface area is 117 Å². The zero-order valence-corrected chi connectivity index (χ0v) is 13.3. The van der Waals surface area contributed by atoms with E-state index >= 15 is 0 Å². The van der Waals surface area contributed by atoms with Crippen molar-refractivity contribution in [3.8, 4) is 0 Å². The summed E-state index contributed by atoms with van der Waals surface area (Å²) in [5.41, 5.74) is 1.13. The zero-order chi connectivity index (χ0) is 14.5. The fourth-order valence-electron chi connectivity index (χ4n) is 2.08. The molecule has 1 aliphatic heterocycles. The molecule has 0 aromatic rings. The molecule has 112 valence electrons. The van der Waals surface area contributed by atoms with Crippen molar-refractivity contribution < 1.29 is 8.42 Å². The first-order valence-electron chi connectivity index (χ1n) is 6.94. The highest BCUT2D eigenvalue weighted by Gasteiger charge is 2.27. The third-order valence-corrected chi connectivity index (χ3v) is 5.15. The van der Waals surface area contributed by atoms with E-state index in [1.807, 2.05) is 6.92 Å². The van der Waals surface area contributed by atoms with Crippen LogP contribution < -0.4 is 5.32 Å². The van der Waals surface area contributed by atoms with Crippen LogP contribution in [0.1, 0.15) is 33.6 Å². The van der Waals surface area contributed by atoms with Crippen LogP contribution in [-0.4, -0.2) is 56.3 Å². The number of hydrogen-bond acceptors (Lipinski definition) is 3. The molecule has 0 saturated carbocycles. The molecule has 0 amide bonds. The highest BCUT2D eigenvalue weighted by molar-refractivity contribution is 7.86. The van der Waals surface area contributed by atoms with Crippen molar-refractivity contribution in [1.29, 1.82) is 0 Å². The van der Waals surface area contributed by atoms with Crippen molar-refractivity contribution in [2.24, 2.45) is 0 Å². The molecule has 0 aromatic carbocycles. The SMILES string of the molecule is CC1=CCCN(S(=O)(=O)N(C)CCCNC(C)C)C1. The predicted octanol–water partition coefficient (Wildman–Crippen LogP) is 1.20. The Balaban J connectivity index is 2.45. The molecule has 0 aliphatic carbocycles. The summed E-state index contributed by atoms with van der Waals surface area (Å²) in [5.74, 6) is 0. The molecule has 0 radical (unpaired) electrons. The quantitative estimate of drug-likeness (QED) is 0.566. The van der Waals surface area contributed by atoms with Crippen LogP contribution in [0.2, 0.25) is 0 Å². The Morgan fingerprint density at radius 1 is 1.47 bits per heavy atom. The summed E-state index contributed by atoms with van der Waals surface area (Å²) in [6.07, 6.45) is 3.75. The van der Waals surface area contributed by atoms with E-state index in [2.05, 4.69) is 25.2 Å². The molecule has 5 nitrogen and oxygen atoms in total. The standard InChI is InChI=1S/C13H27N3O2S/c1-12(2)14-8-6-9-15(4)19(17,18)16-10-5-7-13(3)11-16/h7,12,14H,5-6,8-11H2,1-4H3. The first-order valence-corrected chi connectivity index (χ1v) is 8.34. The second-order valence-electron chi connectivity index (χ2n) is 5.46. The lowest BCUT2D eigenvalue weighted by Crippen LogP contribution is -2.44. The highest BCUT2D eigenvalue weighted by Crippen LogP contribution is 2.15. The average Bonchev–Trinajstić information content (AvgIpc) is 2.34. The first-order chi connectivity index (χ1) is 8.84. The second kappa shape index (κ2) is 7.38. The van der Waals surface area contributed by atoms with Gasteiger partial charge in [0.25, 0.3) is 10.2 Å². The summed E-state index contributed by atoms with van der Waals surface area (Å²) in [7, 11) is -1.63. The number of nitrogens with zero attached hydrogens (tertiary/aromatic N) is 2. The third-order valence-electron chi connectivity index (χ3n) is 3.22. The molecule has 0 saturated heterocycles. The van der Waals surface area contributed by atoms with Crippen LogP contribution in [0.4, 0.5) is 0 Å². The lowest BCUT2D eigenvalue weighted by Gasteiger charge is -2.29.